The molecule has 0 aromatic carbocycles. The largest absolute Gasteiger partial charge is 0.444 e. The number of guanidine groups is 1. The maximum atomic E-state index is 12.9. The van der Waals surface area contributed by atoms with Gasteiger partial charge in [-0.1, -0.05) is 0 Å². The number of imidazole rings is 1. The van der Waals surface area contributed by atoms with Gasteiger partial charge in [0.05, 0.1) is 6.04 Å². The third-order valence-corrected chi connectivity index (χ3v) is 3.87. The average molecular weight is 386 g/mol. The van der Waals surface area contributed by atoms with Crippen molar-refractivity contribution in [1.29, 1.82) is 0 Å². The molecule has 152 valence electrons. The molecule has 0 spiro atoms. The van der Waals surface area contributed by atoms with Crippen LogP contribution in [-0.2, 0) is 11.3 Å². The molecule has 1 atom stereocenters. The number of alkyl carbamates (subject to hydrolysis) is 1. The third kappa shape index (κ3) is 6.37. The second kappa shape index (κ2) is 9.01. The molecule has 2 N–H and O–H groups in total. The Morgan fingerprint density at radius 1 is 1.48 bits per heavy atom. The standard InChI is InChI=1S/C17H28F2N6O2/c1-5-20-15(22-10-13-21-7-9-25(13)14(18)19)24-8-6-12(11-24)23-16(26)27-17(2,3)4/h7,9,12,14H,5-6,8,10-11H2,1-4H3,(H,20,22)(H,23,26). The Kier molecular flexibility index (Phi) is 6.98. The molecule has 1 aliphatic rings. The lowest BCUT2D eigenvalue weighted by Crippen LogP contribution is -2.44. The zero-order valence-corrected chi connectivity index (χ0v) is 16.2. The van der Waals surface area contributed by atoms with Gasteiger partial charge in [0.15, 0.2) is 5.96 Å². The molecule has 2 rings (SSSR count). The molecule has 1 saturated heterocycles. The predicted molar refractivity (Wildman–Crippen MR) is 97.6 cm³/mol. The smallest absolute Gasteiger partial charge is 0.407 e. The van der Waals surface area contributed by atoms with Gasteiger partial charge in [0.2, 0.25) is 0 Å². The minimum atomic E-state index is -2.64. The lowest BCUT2D eigenvalue weighted by molar-refractivity contribution is 0.0507. The van der Waals surface area contributed by atoms with Gasteiger partial charge in [-0.3, -0.25) is 4.57 Å². The van der Waals surface area contributed by atoms with E-state index in [1.54, 1.807) is 0 Å². The van der Waals surface area contributed by atoms with E-state index < -0.39 is 18.2 Å². The van der Waals surface area contributed by atoms with Crippen molar-refractivity contribution in [3.05, 3.63) is 18.2 Å². The fraction of sp³-hybridized carbons (Fsp3) is 0.706. The SMILES string of the molecule is CCNC(=NCc1nccn1C(F)F)N1CCC(NC(=O)OC(C)(C)C)C1. The van der Waals surface area contributed by atoms with Crippen molar-refractivity contribution in [2.75, 3.05) is 19.6 Å². The summed E-state index contributed by atoms with van der Waals surface area (Å²) in [5, 5.41) is 6.01. The van der Waals surface area contributed by atoms with E-state index in [4.69, 9.17) is 4.74 Å². The number of likely N-dealkylation sites (tertiary alicyclic amines) is 1. The molecule has 2 heterocycles. The molecule has 1 aromatic rings. The topological polar surface area (TPSA) is 83.8 Å². The van der Waals surface area contributed by atoms with E-state index in [9.17, 15) is 13.6 Å². The van der Waals surface area contributed by atoms with Crippen LogP contribution in [0.1, 0.15) is 46.5 Å². The van der Waals surface area contributed by atoms with Gasteiger partial charge in [-0.05, 0) is 34.1 Å². The van der Waals surface area contributed by atoms with Crippen molar-refractivity contribution in [2.24, 2.45) is 4.99 Å². The summed E-state index contributed by atoms with van der Waals surface area (Å²) >= 11 is 0. The highest BCUT2D eigenvalue weighted by Crippen LogP contribution is 2.15. The molecule has 10 heteroatoms. The highest BCUT2D eigenvalue weighted by molar-refractivity contribution is 5.80. The van der Waals surface area contributed by atoms with Crippen LogP contribution < -0.4 is 10.6 Å². The Morgan fingerprint density at radius 2 is 2.22 bits per heavy atom. The first-order valence-electron chi connectivity index (χ1n) is 9.02. The Labute approximate surface area is 158 Å². The van der Waals surface area contributed by atoms with Crippen molar-refractivity contribution in [3.63, 3.8) is 0 Å². The zero-order valence-electron chi connectivity index (χ0n) is 16.2. The van der Waals surface area contributed by atoms with Gasteiger partial charge in [0.1, 0.15) is 18.0 Å². The first kappa shape index (κ1) is 20.9. The summed E-state index contributed by atoms with van der Waals surface area (Å²) < 4.78 is 31.9. The first-order valence-corrected chi connectivity index (χ1v) is 9.02. The van der Waals surface area contributed by atoms with E-state index in [1.165, 1.54) is 12.4 Å². The van der Waals surface area contributed by atoms with Crippen molar-refractivity contribution in [3.8, 4) is 0 Å². The van der Waals surface area contributed by atoms with Gasteiger partial charge >= 0.3 is 12.6 Å². The third-order valence-electron chi connectivity index (χ3n) is 3.87. The molecule has 0 aliphatic carbocycles. The van der Waals surface area contributed by atoms with Crippen LogP contribution >= 0.6 is 0 Å². The summed E-state index contributed by atoms with van der Waals surface area (Å²) in [4.78, 5) is 22.3. The maximum Gasteiger partial charge on any atom is 0.407 e. The number of aliphatic imine (C=N–C) groups is 1. The molecule has 1 aromatic heterocycles. The van der Waals surface area contributed by atoms with Crippen LogP contribution in [0.4, 0.5) is 13.6 Å². The van der Waals surface area contributed by atoms with Gasteiger partial charge in [-0.15, -0.1) is 0 Å². The Morgan fingerprint density at radius 3 is 2.85 bits per heavy atom. The Bertz CT molecular complexity index is 656. The van der Waals surface area contributed by atoms with Crippen molar-refractivity contribution < 1.29 is 18.3 Å². The highest BCUT2D eigenvalue weighted by atomic mass is 19.3. The van der Waals surface area contributed by atoms with E-state index in [1.807, 2.05) is 32.6 Å². The van der Waals surface area contributed by atoms with E-state index in [2.05, 4.69) is 20.6 Å². The Balaban J connectivity index is 1.96. The minimum absolute atomic E-state index is 0.0420. The minimum Gasteiger partial charge on any atom is -0.444 e. The number of ether oxygens (including phenoxy) is 1. The van der Waals surface area contributed by atoms with E-state index in [0.29, 0.717) is 25.6 Å². The van der Waals surface area contributed by atoms with Gasteiger partial charge in [-0.25, -0.2) is 14.8 Å². The molecular weight excluding hydrogens is 358 g/mol. The number of nitrogens with one attached hydrogen (secondary N) is 2. The van der Waals surface area contributed by atoms with E-state index in [0.717, 1.165) is 11.0 Å². The first-order chi connectivity index (χ1) is 12.7. The quantitative estimate of drug-likeness (QED) is 0.600. The monoisotopic (exact) mass is 386 g/mol. The number of halogens is 2. The highest BCUT2D eigenvalue weighted by Gasteiger charge is 2.28. The fourth-order valence-corrected chi connectivity index (χ4v) is 2.76. The van der Waals surface area contributed by atoms with E-state index in [-0.39, 0.29) is 18.4 Å². The van der Waals surface area contributed by atoms with Crippen LogP contribution in [-0.4, -0.2) is 57.8 Å². The number of hydrogen-bond donors (Lipinski definition) is 2. The average Bonchev–Trinajstić information content (AvgIpc) is 3.18. The molecule has 27 heavy (non-hydrogen) atoms. The second-order valence-corrected chi connectivity index (χ2v) is 7.28. The molecule has 1 fully saturated rings. The number of carbonyl (C=O) groups is 1. The number of carbonyl (C=O) groups excluding carboxylic acids is 1. The van der Waals surface area contributed by atoms with Crippen LogP contribution in [0.15, 0.2) is 17.4 Å². The molecule has 1 aliphatic heterocycles. The van der Waals surface area contributed by atoms with Gasteiger partial charge in [0, 0.05) is 32.0 Å². The van der Waals surface area contributed by atoms with Crippen molar-refractivity contribution in [2.45, 2.75) is 58.9 Å². The van der Waals surface area contributed by atoms with Gasteiger partial charge < -0.3 is 20.3 Å². The summed E-state index contributed by atoms with van der Waals surface area (Å²) in [6.45, 7) is 6.66. The lowest BCUT2D eigenvalue weighted by atomic mass is 10.2. The molecule has 1 amide bonds. The zero-order chi connectivity index (χ0) is 20.0. The summed E-state index contributed by atoms with van der Waals surface area (Å²) in [6.07, 6.45) is 2.87. The summed E-state index contributed by atoms with van der Waals surface area (Å²) in [6, 6.07) is -0.0632. The molecule has 8 nitrogen and oxygen atoms in total. The molecule has 0 radical (unpaired) electrons. The van der Waals surface area contributed by atoms with Gasteiger partial charge in [0.25, 0.3) is 0 Å². The van der Waals surface area contributed by atoms with Crippen molar-refractivity contribution in [1.82, 2.24) is 25.1 Å². The summed E-state index contributed by atoms with van der Waals surface area (Å²) in [5.41, 5.74) is -0.550. The number of alkyl halides is 2. The maximum absolute atomic E-state index is 12.9. The van der Waals surface area contributed by atoms with Crippen molar-refractivity contribution >= 4 is 12.1 Å². The number of amides is 1. The summed E-state index contributed by atoms with van der Waals surface area (Å²) in [7, 11) is 0. The predicted octanol–water partition coefficient (Wildman–Crippen LogP) is 2.34. The number of rotatable bonds is 5. The van der Waals surface area contributed by atoms with Crippen LogP contribution in [0.2, 0.25) is 0 Å². The Hall–Kier alpha value is -2.39. The van der Waals surface area contributed by atoms with E-state index >= 15 is 0 Å². The second-order valence-electron chi connectivity index (χ2n) is 7.28. The lowest BCUT2D eigenvalue weighted by Gasteiger charge is -2.23. The van der Waals surface area contributed by atoms with Crippen LogP contribution in [0.25, 0.3) is 0 Å². The molecule has 1 unspecified atom stereocenters. The summed E-state index contributed by atoms with van der Waals surface area (Å²) in [5.74, 6) is 0.804. The fourth-order valence-electron chi connectivity index (χ4n) is 2.76. The van der Waals surface area contributed by atoms with Crippen LogP contribution in [0.5, 0.6) is 0 Å². The normalized spacial score (nSPS) is 18.1. The van der Waals surface area contributed by atoms with Gasteiger partial charge in [-0.2, -0.15) is 8.78 Å². The molecular formula is C17H28F2N6O2. The van der Waals surface area contributed by atoms with Crippen LogP contribution in [0, 0.1) is 0 Å². The molecule has 0 saturated carbocycles. The number of aromatic nitrogens is 2. The number of hydrogen-bond acceptors (Lipinski definition) is 4. The molecule has 0 bridgehead atoms. The van der Waals surface area contributed by atoms with Crippen LogP contribution in [0.3, 0.4) is 0 Å². The number of nitrogens with zero attached hydrogens (tertiary/aromatic N) is 4.